The van der Waals surface area contributed by atoms with Gasteiger partial charge < -0.3 is 20.7 Å². The molecule has 0 heterocycles. The number of thiocarbonyl (C=S) groups is 1. The van der Waals surface area contributed by atoms with Gasteiger partial charge in [0.15, 0.2) is 5.11 Å². The van der Waals surface area contributed by atoms with Crippen LogP contribution in [0.3, 0.4) is 0 Å². The van der Waals surface area contributed by atoms with Gasteiger partial charge in [-0.15, -0.1) is 0 Å². The zero-order valence-corrected chi connectivity index (χ0v) is 19.7. The highest BCUT2D eigenvalue weighted by Gasteiger charge is 2.34. The van der Waals surface area contributed by atoms with E-state index in [0.29, 0.717) is 23.4 Å². The number of rotatable bonds is 8. The van der Waals surface area contributed by atoms with Crippen molar-refractivity contribution in [3.63, 3.8) is 0 Å². The van der Waals surface area contributed by atoms with Crippen LogP contribution in [0, 0.1) is 0 Å². The SMILES string of the molecule is CCCCOC(=O)c1ccc(NC(=S)NC(NC(=O)c2ccccc2)C(Cl)(Cl)Cl)cc1. The van der Waals surface area contributed by atoms with E-state index in [1.807, 2.05) is 6.92 Å². The van der Waals surface area contributed by atoms with Gasteiger partial charge >= 0.3 is 5.97 Å². The minimum atomic E-state index is -1.87. The number of nitrogens with one attached hydrogen (secondary N) is 3. The number of alkyl halides is 3. The third kappa shape index (κ3) is 8.53. The van der Waals surface area contributed by atoms with E-state index in [9.17, 15) is 9.59 Å². The van der Waals surface area contributed by atoms with Crippen LogP contribution >= 0.6 is 47.0 Å². The lowest BCUT2D eigenvalue weighted by atomic mass is 10.2. The number of anilines is 1. The Morgan fingerprint density at radius 3 is 2.23 bits per heavy atom. The molecule has 1 unspecified atom stereocenters. The Balaban J connectivity index is 1.96. The number of amides is 1. The Bertz CT molecular complexity index is 890. The number of benzene rings is 2. The van der Waals surface area contributed by atoms with Gasteiger partial charge in [-0.3, -0.25) is 4.79 Å². The summed E-state index contributed by atoms with van der Waals surface area (Å²) in [6.45, 7) is 2.40. The predicted molar refractivity (Wildman–Crippen MR) is 129 cm³/mol. The lowest BCUT2D eigenvalue weighted by Gasteiger charge is -2.27. The van der Waals surface area contributed by atoms with Gasteiger partial charge in [0.25, 0.3) is 5.91 Å². The highest BCUT2D eigenvalue weighted by molar-refractivity contribution is 7.80. The summed E-state index contributed by atoms with van der Waals surface area (Å²) < 4.78 is 3.30. The zero-order chi connectivity index (χ0) is 22.9. The van der Waals surface area contributed by atoms with Gasteiger partial charge in [-0.05, 0) is 55.0 Å². The quantitative estimate of drug-likeness (QED) is 0.154. The molecule has 3 N–H and O–H groups in total. The second-order valence-corrected chi connectivity index (χ2v) is 9.26. The van der Waals surface area contributed by atoms with E-state index in [1.165, 1.54) is 0 Å². The highest BCUT2D eigenvalue weighted by atomic mass is 35.6. The van der Waals surface area contributed by atoms with Crippen molar-refractivity contribution >= 4 is 69.7 Å². The molecule has 0 fully saturated rings. The number of ether oxygens (including phenoxy) is 1. The van der Waals surface area contributed by atoms with Crippen LogP contribution in [0.2, 0.25) is 0 Å². The van der Waals surface area contributed by atoms with Crippen molar-refractivity contribution in [1.82, 2.24) is 10.6 Å². The van der Waals surface area contributed by atoms with E-state index in [-0.39, 0.29) is 11.1 Å². The maximum Gasteiger partial charge on any atom is 0.338 e. The van der Waals surface area contributed by atoms with E-state index in [1.54, 1.807) is 54.6 Å². The fourth-order valence-electron chi connectivity index (χ4n) is 2.38. The van der Waals surface area contributed by atoms with Gasteiger partial charge in [0.05, 0.1) is 12.2 Å². The van der Waals surface area contributed by atoms with Gasteiger partial charge in [-0.1, -0.05) is 66.3 Å². The molecule has 0 aliphatic rings. The number of hydrogen-bond donors (Lipinski definition) is 3. The summed E-state index contributed by atoms with van der Waals surface area (Å²) in [6.07, 6.45) is 0.663. The Morgan fingerprint density at radius 2 is 1.65 bits per heavy atom. The fourth-order valence-corrected chi connectivity index (χ4v) is 2.95. The third-order valence-corrected chi connectivity index (χ3v) is 4.90. The van der Waals surface area contributed by atoms with E-state index in [4.69, 9.17) is 51.8 Å². The van der Waals surface area contributed by atoms with Crippen LogP contribution in [0.5, 0.6) is 0 Å². The van der Waals surface area contributed by atoms with Gasteiger partial charge in [-0.25, -0.2) is 4.79 Å². The highest BCUT2D eigenvalue weighted by Crippen LogP contribution is 2.29. The molecule has 2 aromatic carbocycles. The van der Waals surface area contributed by atoms with Gasteiger partial charge in [0.1, 0.15) is 6.17 Å². The Labute approximate surface area is 201 Å². The van der Waals surface area contributed by atoms with Crippen molar-refractivity contribution < 1.29 is 14.3 Å². The second-order valence-electron chi connectivity index (χ2n) is 6.48. The molecular weight excluding hydrogens is 481 g/mol. The molecule has 1 amide bonds. The lowest BCUT2D eigenvalue weighted by molar-refractivity contribution is 0.0499. The van der Waals surface area contributed by atoms with Crippen LogP contribution < -0.4 is 16.0 Å². The normalized spacial score (nSPS) is 11.9. The first-order valence-corrected chi connectivity index (χ1v) is 11.0. The molecule has 0 aliphatic carbocycles. The van der Waals surface area contributed by atoms with Crippen molar-refractivity contribution in [2.24, 2.45) is 0 Å². The van der Waals surface area contributed by atoms with Gasteiger partial charge in [-0.2, -0.15) is 0 Å². The monoisotopic (exact) mass is 501 g/mol. The average molecular weight is 503 g/mol. The molecule has 0 aromatic heterocycles. The summed E-state index contributed by atoms with van der Waals surface area (Å²) in [5.41, 5.74) is 1.43. The lowest BCUT2D eigenvalue weighted by Crippen LogP contribution is -2.56. The van der Waals surface area contributed by atoms with Gasteiger partial charge in [0.2, 0.25) is 3.79 Å². The van der Waals surface area contributed by atoms with Crippen LogP contribution in [-0.2, 0) is 4.74 Å². The first kappa shape index (κ1) is 25.2. The zero-order valence-electron chi connectivity index (χ0n) is 16.7. The average Bonchev–Trinajstić information content (AvgIpc) is 2.73. The van der Waals surface area contributed by atoms with Crippen molar-refractivity contribution in [3.05, 3.63) is 65.7 Å². The maximum absolute atomic E-state index is 12.4. The van der Waals surface area contributed by atoms with Crippen molar-refractivity contribution in [2.45, 2.75) is 29.7 Å². The summed E-state index contributed by atoms with van der Waals surface area (Å²) in [6, 6.07) is 15.1. The van der Waals surface area contributed by atoms with Crippen molar-refractivity contribution in [2.75, 3.05) is 11.9 Å². The topological polar surface area (TPSA) is 79.5 Å². The van der Waals surface area contributed by atoms with E-state index in [2.05, 4.69) is 16.0 Å². The van der Waals surface area contributed by atoms with E-state index in [0.717, 1.165) is 12.8 Å². The second kappa shape index (κ2) is 12.1. The number of unbranched alkanes of at least 4 members (excludes halogenated alkanes) is 1. The molecule has 0 radical (unpaired) electrons. The largest absolute Gasteiger partial charge is 0.462 e. The molecule has 166 valence electrons. The predicted octanol–water partition coefficient (Wildman–Crippen LogP) is 5.06. The molecule has 6 nitrogen and oxygen atoms in total. The molecule has 31 heavy (non-hydrogen) atoms. The molecule has 0 saturated heterocycles. The van der Waals surface area contributed by atoms with E-state index >= 15 is 0 Å². The number of hydrogen-bond acceptors (Lipinski definition) is 4. The number of esters is 1. The summed E-state index contributed by atoms with van der Waals surface area (Å²) in [5.74, 6) is -0.821. The van der Waals surface area contributed by atoms with Crippen LogP contribution in [0.1, 0.15) is 40.5 Å². The standard InChI is InChI=1S/C21H22Cl3N3O3S/c1-2-3-13-30-18(29)15-9-11-16(12-10-15)25-20(31)27-19(21(22,23)24)26-17(28)14-7-5-4-6-8-14/h4-12,19H,2-3,13H2,1H3,(H,26,28)(H2,25,27,31). The molecule has 0 saturated carbocycles. The number of carbonyl (C=O) groups is 2. The summed E-state index contributed by atoms with van der Waals surface area (Å²) in [4.78, 5) is 24.4. The molecule has 0 aliphatic heterocycles. The van der Waals surface area contributed by atoms with Gasteiger partial charge in [0, 0.05) is 11.3 Å². The Hall–Kier alpha value is -2.06. The first-order valence-electron chi connectivity index (χ1n) is 9.48. The molecule has 10 heteroatoms. The fraction of sp³-hybridized carbons (Fsp3) is 0.286. The molecule has 1 atom stereocenters. The molecular formula is C21H22Cl3N3O3S. The molecule has 2 rings (SSSR count). The number of carbonyl (C=O) groups excluding carboxylic acids is 2. The minimum absolute atomic E-state index is 0.114. The van der Waals surface area contributed by atoms with Crippen molar-refractivity contribution in [1.29, 1.82) is 0 Å². The van der Waals surface area contributed by atoms with Crippen LogP contribution in [-0.4, -0.2) is 33.6 Å². The molecule has 0 bridgehead atoms. The minimum Gasteiger partial charge on any atom is -0.462 e. The maximum atomic E-state index is 12.4. The van der Waals surface area contributed by atoms with Crippen LogP contribution in [0.15, 0.2) is 54.6 Å². The molecule has 0 spiro atoms. The van der Waals surface area contributed by atoms with Crippen molar-refractivity contribution in [3.8, 4) is 0 Å². The molecule has 2 aromatic rings. The summed E-state index contributed by atoms with van der Waals surface area (Å²) in [5, 5.41) is 8.41. The Kier molecular flexibility index (Phi) is 9.84. The first-order chi connectivity index (χ1) is 14.7. The smallest absolute Gasteiger partial charge is 0.338 e. The van der Waals surface area contributed by atoms with Crippen LogP contribution in [0.25, 0.3) is 0 Å². The summed E-state index contributed by atoms with van der Waals surface area (Å²) >= 11 is 23.3. The number of halogens is 3. The third-order valence-electron chi connectivity index (χ3n) is 4.02. The van der Waals surface area contributed by atoms with Crippen LogP contribution in [0.4, 0.5) is 5.69 Å². The summed E-state index contributed by atoms with van der Waals surface area (Å²) in [7, 11) is 0. The Morgan fingerprint density at radius 1 is 1.00 bits per heavy atom. The van der Waals surface area contributed by atoms with E-state index < -0.39 is 15.9 Å².